The van der Waals surface area contributed by atoms with Crippen molar-refractivity contribution in [2.75, 3.05) is 7.05 Å². The van der Waals surface area contributed by atoms with E-state index in [-0.39, 0.29) is 0 Å². The fourth-order valence-electron chi connectivity index (χ4n) is 2.33. The van der Waals surface area contributed by atoms with Crippen molar-refractivity contribution >= 4 is 23.2 Å². The summed E-state index contributed by atoms with van der Waals surface area (Å²) in [6.07, 6.45) is 2.23. The highest BCUT2D eigenvalue weighted by Gasteiger charge is 2.38. The van der Waals surface area contributed by atoms with Gasteiger partial charge in [0.15, 0.2) is 0 Å². The summed E-state index contributed by atoms with van der Waals surface area (Å²) in [4.78, 5) is 0. The van der Waals surface area contributed by atoms with Crippen molar-refractivity contribution in [3.05, 3.63) is 33.8 Å². The van der Waals surface area contributed by atoms with Gasteiger partial charge in [-0.25, -0.2) is 0 Å². The first kappa shape index (κ1) is 12.2. The zero-order chi connectivity index (χ0) is 11.7. The minimum absolute atomic E-state index is 0.493. The van der Waals surface area contributed by atoms with Crippen LogP contribution in [0.5, 0.6) is 0 Å². The lowest BCUT2D eigenvalue weighted by molar-refractivity contribution is 0.479. The monoisotopic (exact) mass is 257 g/mol. The van der Waals surface area contributed by atoms with Crippen molar-refractivity contribution in [2.24, 2.45) is 11.8 Å². The van der Waals surface area contributed by atoms with E-state index in [1.165, 1.54) is 6.42 Å². The standard InChI is InChI=1S/C13H17Cl2N/c1-8-6-9(8)13(16-2)7-10-11(14)4-3-5-12(10)15/h3-5,8-9,13,16H,6-7H2,1-2H3. The highest BCUT2D eigenvalue weighted by atomic mass is 35.5. The van der Waals surface area contributed by atoms with E-state index in [0.717, 1.165) is 33.9 Å². The molecule has 0 radical (unpaired) electrons. The van der Waals surface area contributed by atoms with Gasteiger partial charge in [0.1, 0.15) is 0 Å². The summed E-state index contributed by atoms with van der Waals surface area (Å²) in [7, 11) is 2.01. The first-order valence-electron chi connectivity index (χ1n) is 5.73. The van der Waals surface area contributed by atoms with Crippen LogP contribution in [-0.2, 0) is 6.42 Å². The molecule has 1 N–H and O–H groups in total. The molecule has 0 amide bonds. The summed E-state index contributed by atoms with van der Waals surface area (Å²) >= 11 is 12.4. The van der Waals surface area contributed by atoms with Gasteiger partial charge in [-0.05, 0) is 49.4 Å². The van der Waals surface area contributed by atoms with Crippen LogP contribution >= 0.6 is 23.2 Å². The van der Waals surface area contributed by atoms with E-state index in [9.17, 15) is 0 Å². The van der Waals surface area contributed by atoms with Crippen LogP contribution in [0.2, 0.25) is 10.0 Å². The predicted octanol–water partition coefficient (Wildman–Crippen LogP) is 3.78. The molecule has 2 rings (SSSR count). The summed E-state index contributed by atoms with van der Waals surface area (Å²) in [5, 5.41) is 4.94. The molecular formula is C13H17Cl2N. The SMILES string of the molecule is CNC(Cc1c(Cl)cccc1Cl)C1CC1C. The van der Waals surface area contributed by atoms with Gasteiger partial charge in [0, 0.05) is 16.1 Å². The van der Waals surface area contributed by atoms with E-state index in [1.54, 1.807) is 0 Å². The molecule has 0 bridgehead atoms. The van der Waals surface area contributed by atoms with E-state index in [2.05, 4.69) is 12.2 Å². The summed E-state index contributed by atoms with van der Waals surface area (Å²) in [5.41, 5.74) is 1.07. The molecule has 1 nitrogen and oxygen atoms in total. The molecule has 1 aliphatic rings. The second-order valence-corrected chi connectivity index (χ2v) is 5.49. The largest absolute Gasteiger partial charge is 0.316 e. The molecule has 1 fully saturated rings. The summed E-state index contributed by atoms with van der Waals surface area (Å²) in [6, 6.07) is 6.20. The van der Waals surface area contributed by atoms with Crippen molar-refractivity contribution in [2.45, 2.75) is 25.8 Å². The quantitative estimate of drug-likeness (QED) is 0.866. The van der Waals surface area contributed by atoms with Gasteiger partial charge in [-0.15, -0.1) is 0 Å². The molecule has 0 spiro atoms. The maximum atomic E-state index is 6.18. The highest BCUT2D eigenvalue weighted by Crippen LogP contribution is 2.42. The van der Waals surface area contributed by atoms with E-state index in [0.29, 0.717) is 6.04 Å². The molecule has 1 aliphatic carbocycles. The van der Waals surface area contributed by atoms with Crippen LogP contribution in [-0.4, -0.2) is 13.1 Å². The first-order chi connectivity index (χ1) is 7.63. The van der Waals surface area contributed by atoms with Gasteiger partial charge in [-0.3, -0.25) is 0 Å². The third-order valence-corrected chi connectivity index (χ3v) is 4.25. The first-order valence-corrected chi connectivity index (χ1v) is 6.49. The van der Waals surface area contributed by atoms with Crippen LogP contribution in [0.1, 0.15) is 18.9 Å². The van der Waals surface area contributed by atoms with Gasteiger partial charge in [-0.2, -0.15) is 0 Å². The summed E-state index contributed by atoms with van der Waals surface area (Å²) in [5.74, 6) is 1.61. The van der Waals surface area contributed by atoms with Gasteiger partial charge in [0.05, 0.1) is 0 Å². The lowest BCUT2D eigenvalue weighted by Gasteiger charge is -2.17. The third-order valence-electron chi connectivity index (χ3n) is 3.55. The highest BCUT2D eigenvalue weighted by molar-refractivity contribution is 6.36. The van der Waals surface area contributed by atoms with E-state index >= 15 is 0 Å². The Morgan fingerprint density at radius 2 is 1.94 bits per heavy atom. The molecule has 88 valence electrons. The maximum Gasteiger partial charge on any atom is 0.0453 e. The molecule has 0 saturated heterocycles. The minimum atomic E-state index is 0.493. The molecular weight excluding hydrogens is 241 g/mol. The Morgan fingerprint density at radius 3 is 2.38 bits per heavy atom. The average molecular weight is 258 g/mol. The minimum Gasteiger partial charge on any atom is -0.316 e. The van der Waals surface area contributed by atoms with Crippen molar-refractivity contribution in [3.63, 3.8) is 0 Å². The van der Waals surface area contributed by atoms with Gasteiger partial charge < -0.3 is 5.32 Å². The fraction of sp³-hybridized carbons (Fsp3) is 0.538. The Kier molecular flexibility index (Phi) is 3.78. The van der Waals surface area contributed by atoms with Crippen molar-refractivity contribution in [1.82, 2.24) is 5.32 Å². The molecule has 3 unspecified atom stereocenters. The number of halogens is 2. The van der Waals surface area contributed by atoms with E-state index in [4.69, 9.17) is 23.2 Å². The number of likely N-dealkylation sites (N-methyl/N-ethyl adjacent to an activating group) is 1. The van der Waals surface area contributed by atoms with Crippen molar-refractivity contribution in [3.8, 4) is 0 Å². The van der Waals surface area contributed by atoms with E-state index in [1.807, 2.05) is 25.2 Å². The molecule has 1 aromatic carbocycles. The van der Waals surface area contributed by atoms with Crippen LogP contribution in [0, 0.1) is 11.8 Å². The Hall–Kier alpha value is -0.240. The van der Waals surface area contributed by atoms with Crippen molar-refractivity contribution in [1.29, 1.82) is 0 Å². The van der Waals surface area contributed by atoms with Gasteiger partial charge in [0.2, 0.25) is 0 Å². The molecule has 3 atom stereocenters. The molecule has 3 heteroatoms. The predicted molar refractivity (Wildman–Crippen MR) is 70.3 cm³/mol. The number of nitrogens with one attached hydrogen (secondary N) is 1. The zero-order valence-electron chi connectivity index (χ0n) is 9.63. The van der Waals surface area contributed by atoms with Crippen LogP contribution in [0.3, 0.4) is 0 Å². The maximum absolute atomic E-state index is 6.18. The fourth-order valence-corrected chi connectivity index (χ4v) is 2.88. The molecule has 1 saturated carbocycles. The molecule has 0 aliphatic heterocycles. The number of benzene rings is 1. The molecule has 0 aromatic heterocycles. The third kappa shape index (κ3) is 2.53. The Morgan fingerprint density at radius 1 is 1.38 bits per heavy atom. The molecule has 1 aromatic rings. The van der Waals surface area contributed by atoms with Crippen LogP contribution in [0.25, 0.3) is 0 Å². The normalized spacial score (nSPS) is 25.5. The average Bonchev–Trinajstić information content (AvgIpc) is 2.95. The van der Waals surface area contributed by atoms with Gasteiger partial charge in [0.25, 0.3) is 0 Å². The number of hydrogen-bond acceptors (Lipinski definition) is 1. The lowest BCUT2D eigenvalue weighted by Crippen LogP contribution is -2.30. The van der Waals surface area contributed by atoms with Gasteiger partial charge >= 0.3 is 0 Å². The van der Waals surface area contributed by atoms with E-state index < -0.39 is 0 Å². The van der Waals surface area contributed by atoms with Crippen molar-refractivity contribution < 1.29 is 0 Å². The van der Waals surface area contributed by atoms with Crippen LogP contribution < -0.4 is 5.32 Å². The number of hydrogen-bond donors (Lipinski definition) is 1. The Labute approximate surface area is 107 Å². The lowest BCUT2D eigenvalue weighted by atomic mass is 10.0. The second kappa shape index (κ2) is 4.95. The summed E-state index contributed by atoms with van der Waals surface area (Å²) in [6.45, 7) is 2.29. The molecule has 0 heterocycles. The van der Waals surface area contributed by atoms with Crippen LogP contribution in [0.15, 0.2) is 18.2 Å². The zero-order valence-corrected chi connectivity index (χ0v) is 11.1. The smallest absolute Gasteiger partial charge is 0.0453 e. The van der Waals surface area contributed by atoms with Gasteiger partial charge in [-0.1, -0.05) is 36.2 Å². The molecule has 16 heavy (non-hydrogen) atoms. The topological polar surface area (TPSA) is 12.0 Å². The summed E-state index contributed by atoms with van der Waals surface area (Å²) < 4.78 is 0. The Bertz CT molecular complexity index is 358. The Balaban J connectivity index is 2.13. The number of rotatable bonds is 4. The second-order valence-electron chi connectivity index (χ2n) is 4.68. The van der Waals surface area contributed by atoms with Crippen LogP contribution in [0.4, 0.5) is 0 Å².